The molecular formula is C29H40O8. The zero-order valence-corrected chi connectivity index (χ0v) is 22.6. The lowest BCUT2D eigenvalue weighted by atomic mass is 9.79. The molecule has 0 aliphatic rings. The Balaban J connectivity index is 2.34. The van der Waals surface area contributed by atoms with Crippen molar-refractivity contribution in [2.24, 2.45) is 10.8 Å². The van der Waals surface area contributed by atoms with Crippen LogP contribution in [0.15, 0.2) is 48.6 Å². The van der Waals surface area contributed by atoms with E-state index in [1.165, 1.54) is 13.0 Å². The van der Waals surface area contributed by atoms with E-state index in [0.29, 0.717) is 25.7 Å². The highest BCUT2D eigenvalue weighted by molar-refractivity contribution is 5.82. The van der Waals surface area contributed by atoms with Gasteiger partial charge in [-0.2, -0.15) is 0 Å². The molecule has 1 atom stereocenters. The lowest BCUT2D eigenvalue weighted by Gasteiger charge is -2.28. The summed E-state index contributed by atoms with van der Waals surface area (Å²) in [6.45, 7) is 8.54. The first-order chi connectivity index (χ1) is 17.5. The number of benzene rings is 1. The van der Waals surface area contributed by atoms with E-state index >= 15 is 0 Å². The molecule has 0 aliphatic heterocycles. The third-order valence-electron chi connectivity index (χ3n) is 5.97. The van der Waals surface area contributed by atoms with E-state index in [4.69, 9.17) is 18.9 Å². The van der Waals surface area contributed by atoms with Crippen LogP contribution in [0, 0.1) is 10.8 Å². The summed E-state index contributed by atoms with van der Waals surface area (Å²) in [7, 11) is 0. The second kappa shape index (κ2) is 16.3. The van der Waals surface area contributed by atoms with E-state index in [1.807, 2.05) is 50.3 Å². The maximum absolute atomic E-state index is 12.5. The molecule has 1 aromatic rings. The van der Waals surface area contributed by atoms with Crippen LogP contribution in [0.25, 0.3) is 6.08 Å². The molecule has 204 valence electrons. The van der Waals surface area contributed by atoms with Gasteiger partial charge in [0.05, 0.1) is 10.8 Å². The molecule has 0 aromatic heterocycles. The van der Waals surface area contributed by atoms with Gasteiger partial charge < -0.3 is 18.9 Å². The minimum absolute atomic E-state index is 0.0105. The van der Waals surface area contributed by atoms with Crippen LogP contribution in [0.5, 0.6) is 0 Å². The number of rotatable bonds is 16. The van der Waals surface area contributed by atoms with Gasteiger partial charge >= 0.3 is 23.9 Å². The highest BCUT2D eigenvalue weighted by Crippen LogP contribution is 2.33. The summed E-state index contributed by atoms with van der Waals surface area (Å²) in [5.74, 6) is -1.70. The van der Waals surface area contributed by atoms with E-state index in [2.05, 4.69) is 0 Å². The predicted octanol–water partition coefficient (Wildman–Crippen LogP) is 5.06. The number of esters is 4. The van der Waals surface area contributed by atoms with Crippen molar-refractivity contribution >= 4 is 30.0 Å². The standard InChI is InChI=1S/C29H40O8/c1-6-29(5,27(33)37-21-19-34-23(2)30)18-12-17-28(3,4)26(32)36-22-20-35-25(31)16-11-10-15-24-13-8-7-9-14-24/h7-11,13-16H,6,12,17-22H2,1-5H3/b15-10+,16-11+. The normalized spacial score (nSPS) is 13.2. The van der Waals surface area contributed by atoms with Crippen molar-refractivity contribution in [2.75, 3.05) is 26.4 Å². The molecule has 37 heavy (non-hydrogen) atoms. The topological polar surface area (TPSA) is 105 Å². The monoisotopic (exact) mass is 516 g/mol. The van der Waals surface area contributed by atoms with Gasteiger partial charge in [-0.25, -0.2) is 4.79 Å². The third kappa shape index (κ3) is 12.9. The fourth-order valence-electron chi connectivity index (χ4n) is 3.32. The fraction of sp³-hybridized carbons (Fsp3) is 0.517. The Labute approximate surface area is 220 Å². The number of hydrogen-bond acceptors (Lipinski definition) is 8. The Morgan fingerprint density at radius 2 is 1.38 bits per heavy atom. The number of hydrogen-bond donors (Lipinski definition) is 0. The van der Waals surface area contributed by atoms with E-state index in [1.54, 1.807) is 26.0 Å². The maximum Gasteiger partial charge on any atom is 0.330 e. The third-order valence-corrected chi connectivity index (χ3v) is 5.97. The molecule has 0 saturated heterocycles. The molecule has 0 heterocycles. The Kier molecular flexibility index (Phi) is 14.0. The summed E-state index contributed by atoms with van der Waals surface area (Å²) >= 11 is 0. The molecule has 0 saturated carbocycles. The smallest absolute Gasteiger partial charge is 0.330 e. The fourth-order valence-corrected chi connectivity index (χ4v) is 3.32. The van der Waals surface area contributed by atoms with E-state index in [0.717, 1.165) is 5.56 Å². The zero-order valence-electron chi connectivity index (χ0n) is 22.6. The van der Waals surface area contributed by atoms with Crippen molar-refractivity contribution in [1.29, 1.82) is 0 Å². The Morgan fingerprint density at radius 1 is 0.784 bits per heavy atom. The number of ether oxygens (including phenoxy) is 4. The SMILES string of the molecule is CCC(C)(CCCC(C)(C)C(=O)OCCOC(=O)/C=C/C=C/c1ccccc1)C(=O)OCCOC(C)=O. The van der Waals surface area contributed by atoms with Crippen LogP contribution in [0.2, 0.25) is 0 Å². The quantitative estimate of drug-likeness (QED) is 0.0987. The van der Waals surface area contributed by atoms with Crippen LogP contribution in [0.1, 0.15) is 65.9 Å². The molecule has 0 fully saturated rings. The first-order valence-electron chi connectivity index (χ1n) is 12.5. The molecule has 1 unspecified atom stereocenters. The molecular weight excluding hydrogens is 476 g/mol. The molecule has 0 bridgehead atoms. The highest BCUT2D eigenvalue weighted by atomic mass is 16.6. The van der Waals surface area contributed by atoms with Gasteiger partial charge in [-0.3, -0.25) is 14.4 Å². The van der Waals surface area contributed by atoms with E-state index in [-0.39, 0.29) is 32.4 Å². The number of allylic oxidation sites excluding steroid dienone is 2. The van der Waals surface area contributed by atoms with Crippen molar-refractivity contribution in [3.05, 3.63) is 54.1 Å². The first kappa shape index (κ1) is 31.6. The van der Waals surface area contributed by atoms with Gasteiger partial charge in [0.1, 0.15) is 26.4 Å². The lowest BCUT2D eigenvalue weighted by molar-refractivity contribution is -0.160. The van der Waals surface area contributed by atoms with Crippen molar-refractivity contribution in [2.45, 2.75) is 60.3 Å². The Morgan fingerprint density at radius 3 is 2.00 bits per heavy atom. The van der Waals surface area contributed by atoms with Gasteiger partial charge in [-0.05, 0) is 45.6 Å². The molecule has 1 aromatic carbocycles. The summed E-state index contributed by atoms with van der Waals surface area (Å²) < 4.78 is 20.4. The van der Waals surface area contributed by atoms with Crippen LogP contribution in [0.3, 0.4) is 0 Å². The molecule has 0 spiro atoms. The van der Waals surface area contributed by atoms with Crippen LogP contribution >= 0.6 is 0 Å². The van der Waals surface area contributed by atoms with Gasteiger partial charge in [0, 0.05) is 13.0 Å². The van der Waals surface area contributed by atoms with Crippen LogP contribution < -0.4 is 0 Å². The summed E-state index contributed by atoms with van der Waals surface area (Å²) in [5, 5.41) is 0. The Hall–Kier alpha value is -3.42. The van der Waals surface area contributed by atoms with Crippen molar-refractivity contribution < 1.29 is 38.1 Å². The van der Waals surface area contributed by atoms with Gasteiger partial charge in [0.15, 0.2) is 0 Å². The number of carbonyl (C=O) groups excluding carboxylic acids is 4. The van der Waals surface area contributed by atoms with E-state index < -0.39 is 28.7 Å². The second-order valence-electron chi connectivity index (χ2n) is 9.56. The lowest BCUT2D eigenvalue weighted by Crippen LogP contribution is -2.32. The summed E-state index contributed by atoms with van der Waals surface area (Å²) in [5.41, 5.74) is -0.445. The molecule has 1 rings (SSSR count). The summed E-state index contributed by atoms with van der Waals surface area (Å²) in [4.78, 5) is 47.6. The van der Waals surface area contributed by atoms with Crippen molar-refractivity contribution in [3.8, 4) is 0 Å². The first-order valence-corrected chi connectivity index (χ1v) is 12.5. The zero-order chi connectivity index (χ0) is 27.7. The molecule has 8 nitrogen and oxygen atoms in total. The molecule has 0 N–H and O–H groups in total. The molecule has 0 amide bonds. The van der Waals surface area contributed by atoms with Crippen molar-refractivity contribution in [3.63, 3.8) is 0 Å². The van der Waals surface area contributed by atoms with Gasteiger partial charge in [-0.1, -0.05) is 61.9 Å². The summed E-state index contributed by atoms with van der Waals surface area (Å²) in [6, 6.07) is 9.68. The molecule has 0 aliphatic carbocycles. The average molecular weight is 517 g/mol. The molecule has 8 heteroatoms. The van der Waals surface area contributed by atoms with E-state index in [9.17, 15) is 19.2 Å². The summed E-state index contributed by atoms with van der Waals surface area (Å²) in [6.07, 6.45) is 8.74. The van der Waals surface area contributed by atoms with Crippen LogP contribution in [-0.2, 0) is 38.1 Å². The minimum atomic E-state index is -0.764. The van der Waals surface area contributed by atoms with Gasteiger partial charge in [-0.15, -0.1) is 0 Å². The van der Waals surface area contributed by atoms with Crippen molar-refractivity contribution in [1.82, 2.24) is 0 Å². The second-order valence-corrected chi connectivity index (χ2v) is 9.56. The van der Waals surface area contributed by atoms with Crippen LogP contribution in [-0.4, -0.2) is 50.3 Å². The highest BCUT2D eigenvalue weighted by Gasteiger charge is 2.35. The average Bonchev–Trinajstić information content (AvgIpc) is 2.87. The largest absolute Gasteiger partial charge is 0.462 e. The Bertz CT molecular complexity index is 932. The van der Waals surface area contributed by atoms with Crippen LogP contribution in [0.4, 0.5) is 0 Å². The minimum Gasteiger partial charge on any atom is -0.462 e. The predicted molar refractivity (Wildman–Crippen MR) is 140 cm³/mol. The van der Waals surface area contributed by atoms with Gasteiger partial charge in [0.25, 0.3) is 0 Å². The molecule has 0 radical (unpaired) electrons. The number of carbonyl (C=O) groups is 4. The van der Waals surface area contributed by atoms with Gasteiger partial charge in [0.2, 0.25) is 0 Å². The maximum atomic E-state index is 12.5.